The van der Waals surface area contributed by atoms with E-state index in [0.29, 0.717) is 13.2 Å². The summed E-state index contributed by atoms with van der Waals surface area (Å²) in [6.07, 6.45) is 4.47. The van der Waals surface area contributed by atoms with Crippen LogP contribution in [0.4, 0.5) is 5.69 Å². The largest absolute Gasteiger partial charge is 0.491 e. The highest BCUT2D eigenvalue weighted by Gasteiger charge is 1.94. The Bertz CT molecular complexity index is 664. The maximum absolute atomic E-state index is 5.61. The molecule has 0 spiro atoms. The second-order valence-corrected chi connectivity index (χ2v) is 5.39. The molecule has 0 radical (unpaired) electrons. The molecule has 0 bridgehead atoms. The zero-order valence-corrected chi connectivity index (χ0v) is 14.8. The Hall–Kier alpha value is -2.66. The van der Waals surface area contributed by atoms with Gasteiger partial charge in [0.25, 0.3) is 0 Å². The van der Waals surface area contributed by atoms with E-state index in [4.69, 9.17) is 9.47 Å². The first-order valence-corrected chi connectivity index (χ1v) is 8.46. The Kier molecular flexibility index (Phi) is 8.21. The summed E-state index contributed by atoms with van der Waals surface area (Å²) in [5.41, 5.74) is 3.04. The van der Waals surface area contributed by atoms with Gasteiger partial charge in [0.2, 0.25) is 0 Å². The fraction of sp³-hybridized carbons (Fsp3) is 0.300. The second kappa shape index (κ2) is 11.0. The summed E-state index contributed by atoms with van der Waals surface area (Å²) in [7, 11) is 1.89. The average molecular weight is 339 g/mol. The first-order chi connectivity index (χ1) is 12.3. The Labute approximate surface area is 149 Å². The van der Waals surface area contributed by atoms with Gasteiger partial charge in [-0.25, -0.2) is 0 Å². The van der Waals surface area contributed by atoms with Crippen molar-refractivity contribution >= 4 is 18.1 Å². The summed E-state index contributed by atoms with van der Waals surface area (Å²) >= 11 is 0. The molecule has 0 amide bonds. The number of ether oxygens (including phenoxy) is 2. The lowest BCUT2D eigenvalue weighted by atomic mass is 10.2. The number of hydrogen-bond donors (Lipinski definition) is 1. The quantitative estimate of drug-likeness (QED) is 0.404. The van der Waals surface area contributed by atoms with Crippen LogP contribution in [-0.2, 0) is 4.74 Å². The lowest BCUT2D eigenvalue weighted by Gasteiger charge is -2.06. The molecule has 5 nitrogen and oxygen atoms in total. The number of hydrogen-bond acceptors (Lipinski definition) is 5. The predicted molar refractivity (Wildman–Crippen MR) is 104 cm³/mol. The fourth-order valence-corrected chi connectivity index (χ4v) is 2.05. The Morgan fingerprint density at radius 2 is 1.44 bits per heavy atom. The number of nitrogens with zero attached hydrogens (tertiary/aromatic N) is 2. The summed E-state index contributed by atoms with van der Waals surface area (Å²) in [5.74, 6) is 0.824. The van der Waals surface area contributed by atoms with E-state index in [1.165, 1.54) is 0 Å². The highest BCUT2D eigenvalue weighted by Crippen LogP contribution is 2.11. The summed E-state index contributed by atoms with van der Waals surface area (Å²) in [4.78, 5) is 0. The molecule has 0 saturated carbocycles. The van der Waals surface area contributed by atoms with Gasteiger partial charge in [0, 0.05) is 19.3 Å². The van der Waals surface area contributed by atoms with Crippen LogP contribution in [0.2, 0.25) is 0 Å². The van der Waals surface area contributed by atoms with E-state index in [9.17, 15) is 0 Å². The zero-order valence-electron chi connectivity index (χ0n) is 14.8. The molecule has 0 fully saturated rings. The summed E-state index contributed by atoms with van der Waals surface area (Å²) in [5, 5.41) is 11.2. The Morgan fingerprint density at radius 3 is 2.00 bits per heavy atom. The Balaban J connectivity index is 1.77. The van der Waals surface area contributed by atoms with Crippen molar-refractivity contribution in [2.75, 3.05) is 32.2 Å². The van der Waals surface area contributed by atoms with Gasteiger partial charge in [0.15, 0.2) is 0 Å². The average Bonchev–Trinajstić information content (AvgIpc) is 2.66. The number of anilines is 1. The van der Waals surface area contributed by atoms with Crippen LogP contribution in [-0.4, -0.2) is 39.3 Å². The first kappa shape index (κ1) is 18.7. The normalized spacial score (nSPS) is 11.3. The van der Waals surface area contributed by atoms with Gasteiger partial charge in [-0.05, 0) is 53.9 Å². The molecule has 5 heteroatoms. The van der Waals surface area contributed by atoms with Crippen LogP contribution < -0.4 is 10.1 Å². The smallest absolute Gasteiger partial charge is 0.119 e. The van der Waals surface area contributed by atoms with E-state index in [1.54, 1.807) is 12.4 Å². The molecule has 1 N–H and O–H groups in total. The topological polar surface area (TPSA) is 55.2 Å². The van der Waals surface area contributed by atoms with E-state index in [-0.39, 0.29) is 0 Å². The van der Waals surface area contributed by atoms with Crippen molar-refractivity contribution in [3.05, 3.63) is 59.7 Å². The summed E-state index contributed by atoms with van der Waals surface area (Å²) in [6.45, 7) is 4.04. The minimum Gasteiger partial charge on any atom is -0.491 e. The molecule has 25 heavy (non-hydrogen) atoms. The number of rotatable bonds is 10. The van der Waals surface area contributed by atoms with Gasteiger partial charge in [-0.2, -0.15) is 10.2 Å². The van der Waals surface area contributed by atoms with Crippen LogP contribution >= 0.6 is 0 Å². The van der Waals surface area contributed by atoms with Gasteiger partial charge in [-0.1, -0.05) is 19.1 Å². The first-order valence-electron chi connectivity index (χ1n) is 8.46. The minimum atomic E-state index is 0.560. The molecule has 0 saturated heterocycles. The van der Waals surface area contributed by atoms with Crippen molar-refractivity contribution in [2.24, 2.45) is 10.2 Å². The Morgan fingerprint density at radius 1 is 0.840 bits per heavy atom. The summed E-state index contributed by atoms with van der Waals surface area (Å²) < 4.78 is 11.0. The van der Waals surface area contributed by atoms with Gasteiger partial charge in [0.1, 0.15) is 12.4 Å². The van der Waals surface area contributed by atoms with E-state index >= 15 is 0 Å². The molecule has 0 aliphatic carbocycles. The van der Waals surface area contributed by atoms with Gasteiger partial charge < -0.3 is 14.8 Å². The number of benzene rings is 2. The van der Waals surface area contributed by atoms with Crippen LogP contribution in [0.3, 0.4) is 0 Å². The van der Waals surface area contributed by atoms with Crippen LogP contribution in [0.25, 0.3) is 0 Å². The maximum Gasteiger partial charge on any atom is 0.119 e. The van der Waals surface area contributed by atoms with E-state index in [1.807, 2.05) is 55.6 Å². The molecule has 132 valence electrons. The lowest BCUT2D eigenvalue weighted by molar-refractivity contribution is 0.101. The minimum absolute atomic E-state index is 0.560. The third-order valence-corrected chi connectivity index (χ3v) is 3.40. The van der Waals surface area contributed by atoms with Gasteiger partial charge >= 0.3 is 0 Å². The third kappa shape index (κ3) is 7.18. The monoisotopic (exact) mass is 339 g/mol. The predicted octanol–water partition coefficient (Wildman–Crippen LogP) is 3.99. The van der Waals surface area contributed by atoms with Crippen LogP contribution in [0.1, 0.15) is 24.5 Å². The van der Waals surface area contributed by atoms with Crippen molar-refractivity contribution in [1.82, 2.24) is 0 Å². The highest BCUT2D eigenvalue weighted by atomic mass is 16.5. The molecule has 0 heterocycles. The van der Waals surface area contributed by atoms with Crippen molar-refractivity contribution < 1.29 is 9.47 Å². The third-order valence-electron chi connectivity index (χ3n) is 3.40. The molecule has 0 aliphatic heterocycles. The standard InChI is InChI=1S/C20H25N3O2/c1-3-12-24-13-14-25-20-10-6-18(7-11-20)16-23-22-15-17-4-8-19(21-2)9-5-17/h4-11,15-16,21H,3,12-14H2,1-2H3/b22-15+,23-16+. The number of nitrogens with one attached hydrogen (secondary N) is 1. The van der Waals surface area contributed by atoms with Crippen molar-refractivity contribution in [3.8, 4) is 5.75 Å². The maximum atomic E-state index is 5.61. The molecular weight excluding hydrogens is 314 g/mol. The SMILES string of the molecule is CCCOCCOc1ccc(/C=N/N=C/c2ccc(NC)cc2)cc1. The molecule has 0 atom stereocenters. The molecular formula is C20H25N3O2. The molecule has 2 rings (SSSR count). The van der Waals surface area contributed by atoms with Crippen LogP contribution in [0.15, 0.2) is 58.7 Å². The van der Waals surface area contributed by atoms with Crippen molar-refractivity contribution in [1.29, 1.82) is 0 Å². The second-order valence-electron chi connectivity index (χ2n) is 5.39. The van der Waals surface area contributed by atoms with Gasteiger partial charge in [0.05, 0.1) is 19.0 Å². The molecule has 2 aromatic carbocycles. The van der Waals surface area contributed by atoms with E-state index < -0.39 is 0 Å². The zero-order chi connectivity index (χ0) is 17.7. The molecule has 0 aliphatic rings. The van der Waals surface area contributed by atoms with Gasteiger partial charge in [-0.3, -0.25) is 0 Å². The molecule has 0 aromatic heterocycles. The van der Waals surface area contributed by atoms with E-state index in [2.05, 4.69) is 22.4 Å². The molecule has 0 unspecified atom stereocenters. The van der Waals surface area contributed by atoms with Crippen molar-refractivity contribution in [3.63, 3.8) is 0 Å². The van der Waals surface area contributed by atoms with Crippen LogP contribution in [0.5, 0.6) is 5.75 Å². The van der Waals surface area contributed by atoms with Gasteiger partial charge in [-0.15, -0.1) is 0 Å². The van der Waals surface area contributed by atoms with E-state index in [0.717, 1.165) is 35.6 Å². The molecule has 2 aromatic rings. The summed E-state index contributed by atoms with van der Waals surface area (Å²) in [6, 6.07) is 15.7. The fourth-order valence-electron chi connectivity index (χ4n) is 2.05. The van der Waals surface area contributed by atoms with Crippen molar-refractivity contribution in [2.45, 2.75) is 13.3 Å². The van der Waals surface area contributed by atoms with Crippen LogP contribution in [0, 0.1) is 0 Å². The lowest BCUT2D eigenvalue weighted by Crippen LogP contribution is -2.07. The highest BCUT2D eigenvalue weighted by molar-refractivity contribution is 5.83.